The molecule has 104 heavy (non-hydrogen) atoms. The van der Waals surface area contributed by atoms with Crippen LogP contribution in [-0.4, -0.2) is 145 Å². The van der Waals surface area contributed by atoms with Crippen LogP contribution < -0.4 is 54.0 Å². The number of imide groups is 1. The molecule has 26 heteroatoms. The number of Topliss-reactive ketones (excluding diaryl/α,β-unsaturated/α-hetero) is 1. The fourth-order valence-corrected chi connectivity index (χ4v) is 12.1. The smallest absolute Gasteiger partial charge is 0.407 e. The third-order valence-corrected chi connectivity index (χ3v) is 17.6. The number of benzene rings is 5. The number of carbonyl (C=O) groups excluding carboxylic acids is 11. The predicted octanol–water partition coefficient (Wildman–Crippen LogP) is 9.48. The first-order valence-corrected chi connectivity index (χ1v) is 35.6. The Labute approximate surface area is 608 Å². The van der Waals surface area contributed by atoms with Gasteiger partial charge in [0, 0.05) is 55.7 Å². The number of carboxylic acid groups (broad SMARTS) is 1. The topological polar surface area (TPSA) is 395 Å². The van der Waals surface area contributed by atoms with Crippen molar-refractivity contribution < 1.29 is 72.1 Å². The minimum absolute atomic E-state index is 0.0213. The molecule has 0 aromatic heterocycles. The van der Waals surface area contributed by atoms with Crippen LogP contribution in [0.15, 0.2) is 133 Å². The Morgan fingerprint density at radius 3 is 1.28 bits per heavy atom. The minimum Gasteiger partial charge on any atom is -0.480 e. The number of anilines is 1. The van der Waals surface area contributed by atoms with Crippen LogP contribution in [0, 0.1) is 17.8 Å². The Morgan fingerprint density at radius 1 is 0.490 bits per heavy atom. The average Bonchev–Trinajstić information content (AvgIpc) is 1.62. The summed E-state index contributed by atoms with van der Waals surface area (Å²) < 4.78 is 11.0. The van der Waals surface area contributed by atoms with Gasteiger partial charge in [-0.2, -0.15) is 0 Å². The highest BCUT2D eigenvalue weighted by Crippen LogP contribution is 2.46. The van der Waals surface area contributed by atoms with Crippen molar-refractivity contribution in [1.82, 2.24) is 42.1 Å². The van der Waals surface area contributed by atoms with Gasteiger partial charge < -0.3 is 68.6 Å². The highest BCUT2D eigenvalue weighted by atomic mass is 16.6. The lowest BCUT2D eigenvalue weighted by molar-refractivity contribution is -0.142. The van der Waals surface area contributed by atoms with E-state index in [-0.39, 0.29) is 98.7 Å². The molecule has 13 N–H and O–H groups in total. The number of carboxylic acids is 1. The molecule has 5 aromatic carbocycles. The number of primary amides is 2. The van der Waals surface area contributed by atoms with E-state index < -0.39 is 78.1 Å². The second-order valence-corrected chi connectivity index (χ2v) is 26.1. The van der Waals surface area contributed by atoms with Gasteiger partial charge in [0.25, 0.3) is 11.8 Å². The van der Waals surface area contributed by atoms with Gasteiger partial charge in [-0.1, -0.05) is 178 Å². The first-order chi connectivity index (χ1) is 49.7. The van der Waals surface area contributed by atoms with E-state index in [2.05, 4.69) is 66.8 Å². The van der Waals surface area contributed by atoms with Gasteiger partial charge in [0.15, 0.2) is 5.78 Å². The molecule has 8 rings (SSSR count). The van der Waals surface area contributed by atoms with E-state index in [1.54, 1.807) is 39.8 Å². The summed E-state index contributed by atoms with van der Waals surface area (Å²) in [6.07, 6.45) is 4.94. The van der Waals surface area contributed by atoms with Crippen LogP contribution in [-0.2, 0) is 54.3 Å². The second kappa shape index (κ2) is 42.5. The molecule has 3 aliphatic rings. The molecule has 0 saturated heterocycles. The van der Waals surface area contributed by atoms with Gasteiger partial charge in [-0.25, -0.2) is 24.0 Å². The number of hydrogen-bond acceptors (Lipinski definition) is 14. The molecule has 0 spiro atoms. The number of ether oxygens (including phenoxy) is 2. The van der Waals surface area contributed by atoms with Crippen molar-refractivity contribution in [2.45, 2.75) is 169 Å². The van der Waals surface area contributed by atoms with Gasteiger partial charge in [0.1, 0.15) is 37.4 Å². The van der Waals surface area contributed by atoms with Crippen LogP contribution in [0.1, 0.15) is 160 Å². The average molecular weight is 1430 g/mol. The standard InChI is InChI=1S/C29H42N6O6.C26H32N4O6.C21H23NO3.C2H6/c1-4-20-11-13-21(14-12-20)32-27(39)22(9-8-17-31-29(30)41)33-28(40)26(19(2)3)34-23(36)10-6-5-7-18-35-24(37)15-16-25(35)38;1-15(2)22(23(31)29-21(24(32)33)12-7-13-28-25(27)34)30-26(35)36-14-20-18-10-5-3-8-16(18)17-9-4-6-11-19(17)20;1-13(2)20(14(3)23)22-21(24)25-12-19-17-10-6-4-8-15(17)16-9-5-7-11-18(16)19;1-2/h11-16,19,22,26H,4-10,17-18H2,1-3H3,(H,32,39)(H,33,40)(H,34,36)(H3,30,31,41);3-6,8-11,15,20-22H,7,12-14H2,1-2H3,(H,29,31)(H,30,35)(H,32,33)(H3,27,28,34);4-11,13,19-20H,12H2,1-3H3,(H,22,24);1-2H3/t22-,26-;21-,22-;20-;/m000./s1. The molecule has 0 radical (unpaired) electrons. The Kier molecular flexibility index (Phi) is 34.2. The SMILES string of the molecule is CC.CC(=O)[C@@H](NC(=O)OCC1c2ccccc2-c2ccccc21)C(C)C.CC(C)[C@H](NC(=O)OCC1c2ccccc2-c2ccccc21)C(=O)N[C@@H](CCCNC(N)=O)C(=O)O.CCc1ccc(NC(=O)[C@H](CCCNC(N)=O)NC(=O)[C@@H](NC(=O)CCCCCN2C(=O)C=CC2=O)C(C)C)cc1. The van der Waals surface area contributed by atoms with Gasteiger partial charge in [-0.05, 0) is 132 Å². The fourth-order valence-electron chi connectivity index (χ4n) is 12.1. The minimum atomic E-state index is -1.22. The zero-order chi connectivity index (χ0) is 76.6. The van der Waals surface area contributed by atoms with Crippen molar-refractivity contribution in [3.63, 3.8) is 0 Å². The van der Waals surface area contributed by atoms with E-state index in [1.807, 2.05) is 120 Å². The van der Waals surface area contributed by atoms with Crippen LogP contribution in [0.25, 0.3) is 22.3 Å². The quantitative estimate of drug-likeness (QED) is 0.0138. The lowest BCUT2D eigenvalue weighted by Crippen LogP contribution is -2.54. The van der Waals surface area contributed by atoms with Crippen molar-refractivity contribution in [3.8, 4) is 22.3 Å². The van der Waals surface area contributed by atoms with E-state index in [0.717, 1.165) is 39.1 Å². The third kappa shape index (κ3) is 25.5. The molecule has 5 aromatic rings. The molecular weight excluding hydrogens is 1330 g/mol. The summed E-state index contributed by atoms with van der Waals surface area (Å²) in [4.78, 5) is 146. The first kappa shape index (κ1) is 83.7. The molecular formula is C78H103N11O15. The van der Waals surface area contributed by atoms with Gasteiger partial charge >= 0.3 is 30.2 Å². The van der Waals surface area contributed by atoms with Crippen molar-refractivity contribution in [2.24, 2.45) is 29.2 Å². The van der Waals surface area contributed by atoms with Crippen LogP contribution in [0.5, 0.6) is 0 Å². The van der Waals surface area contributed by atoms with Crippen molar-refractivity contribution in [2.75, 3.05) is 38.2 Å². The number of unbranched alkanes of at least 4 members (excludes halogenated alkanes) is 2. The van der Waals surface area contributed by atoms with Gasteiger partial charge in [0.05, 0.1) is 6.04 Å². The molecule has 0 saturated carbocycles. The highest BCUT2D eigenvalue weighted by molar-refractivity contribution is 6.12. The molecule has 1 heterocycles. The number of nitrogens with two attached hydrogens (primary N) is 2. The van der Waals surface area contributed by atoms with Crippen LogP contribution in [0.4, 0.5) is 24.9 Å². The van der Waals surface area contributed by atoms with E-state index >= 15 is 0 Å². The van der Waals surface area contributed by atoms with Crippen LogP contribution in [0.2, 0.25) is 0 Å². The van der Waals surface area contributed by atoms with E-state index in [0.29, 0.717) is 44.3 Å². The number of amides is 12. The third-order valence-electron chi connectivity index (χ3n) is 17.6. The molecule has 26 nitrogen and oxygen atoms in total. The summed E-state index contributed by atoms with van der Waals surface area (Å²) in [6, 6.07) is 33.9. The molecule has 0 unspecified atom stereocenters. The molecule has 1 aliphatic heterocycles. The van der Waals surface area contributed by atoms with Gasteiger partial charge in [-0.3, -0.25) is 38.5 Å². The molecule has 5 atom stereocenters. The summed E-state index contributed by atoms with van der Waals surface area (Å²) in [5.41, 5.74) is 20.9. The number of hydrogen-bond donors (Lipinski definition) is 11. The maximum absolute atomic E-state index is 13.2. The Hall–Kier alpha value is -10.9. The summed E-state index contributed by atoms with van der Waals surface area (Å²) >= 11 is 0. The second-order valence-electron chi connectivity index (χ2n) is 26.1. The number of carbonyl (C=O) groups is 12. The van der Waals surface area contributed by atoms with E-state index in [9.17, 15) is 62.6 Å². The Morgan fingerprint density at radius 2 is 0.885 bits per heavy atom. The summed E-state index contributed by atoms with van der Waals surface area (Å²) in [5, 5.41) is 30.4. The highest BCUT2D eigenvalue weighted by Gasteiger charge is 2.35. The normalized spacial score (nSPS) is 13.7. The van der Waals surface area contributed by atoms with E-state index in [4.69, 9.17) is 20.9 Å². The van der Waals surface area contributed by atoms with Crippen LogP contribution >= 0.6 is 0 Å². The molecule has 560 valence electrons. The Balaban J connectivity index is 0.000000284. The maximum atomic E-state index is 13.2. The van der Waals surface area contributed by atoms with Gasteiger partial charge in [-0.15, -0.1) is 0 Å². The fraction of sp³-hybridized carbons (Fsp3) is 0.436. The lowest BCUT2D eigenvalue weighted by Gasteiger charge is -2.25. The number of aliphatic carboxylic acids is 1. The van der Waals surface area contributed by atoms with Gasteiger partial charge in [0.2, 0.25) is 23.6 Å². The van der Waals surface area contributed by atoms with Crippen LogP contribution in [0.3, 0.4) is 0 Å². The number of rotatable bonds is 33. The number of aryl methyl sites for hydroxylation is 1. The largest absolute Gasteiger partial charge is 0.480 e. The number of alkyl carbamates (subject to hydrolysis) is 2. The first-order valence-electron chi connectivity index (χ1n) is 35.6. The molecule has 2 aliphatic carbocycles. The predicted molar refractivity (Wildman–Crippen MR) is 396 cm³/mol. The number of urea groups is 2. The zero-order valence-electron chi connectivity index (χ0n) is 61.1. The number of ketones is 1. The number of nitrogens with zero attached hydrogens (tertiary/aromatic N) is 1. The summed E-state index contributed by atoms with van der Waals surface area (Å²) in [7, 11) is 0. The number of fused-ring (bicyclic) bond motifs is 6. The zero-order valence-corrected chi connectivity index (χ0v) is 61.1. The van der Waals surface area contributed by atoms with Crippen molar-refractivity contribution in [3.05, 3.63) is 161 Å². The molecule has 0 fully saturated rings. The lowest BCUT2D eigenvalue weighted by atomic mass is 9.98. The monoisotopic (exact) mass is 1430 g/mol. The molecule has 12 amide bonds. The number of nitrogens with one attached hydrogen (secondary N) is 8. The van der Waals surface area contributed by atoms with Crippen molar-refractivity contribution >= 4 is 77.1 Å². The summed E-state index contributed by atoms with van der Waals surface area (Å²) in [6.45, 7) is 19.4. The van der Waals surface area contributed by atoms with E-state index in [1.165, 1.54) is 41.3 Å². The maximum Gasteiger partial charge on any atom is 0.407 e. The Bertz CT molecular complexity index is 3690. The summed E-state index contributed by atoms with van der Waals surface area (Å²) in [5.74, 6) is -4.44. The molecule has 0 bridgehead atoms. The van der Waals surface area contributed by atoms with Crippen molar-refractivity contribution in [1.29, 1.82) is 0 Å².